The highest BCUT2D eigenvalue weighted by molar-refractivity contribution is 5.89. The van der Waals surface area contributed by atoms with Crippen molar-refractivity contribution >= 4 is 11.9 Å². The predicted molar refractivity (Wildman–Crippen MR) is 80.4 cm³/mol. The van der Waals surface area contributed by atoms with Gasteiger partial charge < -0.3 is 9.64 Å². The average Bonchev–Trinajstić information content (AvgIpc) is 2.50. The number of amides is 1. The molecule has 1 fully saturated rings. The zero-order valence-electron chi connectivity index (χ0n) is 13.0. The number of carbonyl (C=O) groups is 2. The maximum Gasteiger partial charge on any atom is 0.307 e. The Hall–Kier alpha value is -1.84. The molecular weight excluding hydrogens is 266 g/mol. The molecule has 0 aliphatic carbocycles. The van der Waals surface area contributed by atoms with Gasteiger partial charge in [-0.15, -0.1) is 0 Å². The number of aryl methyl sites for hydroxylation is 1. The van der Waals surface area contributed by atoms with Crippen LogP contribution in [-0.4, -0.2) is 29.5 Å². The normalized spacial score (nSPS) is 20.0. The lowest BCUT2D eigenvalue weighted by atomic mass is 9.72. The van der Waals surface area contributed by atoms with Crippen molar-refractivity contribution in [3.8, 4) is 0 Å². The molecule has 114 valence electrons. The van der Waals surface area contributed by atoms with Crippen LogP contribution < -0.4 is 0 Å². The second-order valence-electron chi connectivity index (χ2n) is 6.04. The maximum absolute atomic E-state index is 12.1. The summed E-state index contributed by atoms with van der Waals surface area (Å²) >= 11 is 0. The molecule has 1 aliphatic rings. The first-order valence-corrected chi connectivity index (χ1v) is 7.47. The summed E-state index contributed by atoms with van der Waals surface area (Å²) in [4.78, 5) is 25.1. The van der Waals surface area contributed by atoms with Gasteiger partial charge in [0.15, 0.2) is 6.73 Å². The lowest BCUT2D eigenvalue weighted by Crippen LogP contribution is -2.66. The minimum absolute atomic E-state index is 0.0597. The highest BCUT2D eigenvalue weighted by atomic mass is 16.5. The van der Waals surface area contributed by atoms with Crippen LogP contribution in [-0.2, 0) is 20.7 Å². The van der Waals surface area contributed by atoms with Crippen molar-refractivity contribution in [3.63, 3.8) is 0 Å². The van der Waals surface area contributed by atoms with E-state index >= 15 is 0 Å². The van der Waals surface area contributed by atoms with E-state index in [-0.39, 0.29) is 30.1 Å². The number of ether oxygens (including phenoxy) is 1. The maximum atomic E-state index is 12.1. The molecule has 1 aromatic carbocycles. The van der Waals surface area contributed by atoms with Crippen molar-refractivity contribution in [1.82, 2.24) is 4.90 Å². The number of esters is 1. The lowest BCUT2D eigenvalue weighted by molar-refractivity contribution is -0.183. The van der Waals surface area contributed by atoms with E-state index in [1.165, 1.54) is 5.56 Å². The van der Waals surface area contributed by atoms with E-state index in [2.05, 4.69) is 12.1 Å². The number of nitrogens with zero attached hydrogens (tertiary/aromatic N) is 1. The van der Waals surface area contributed by atoms with Gasteiger partial charge in [0.2, 0.25) is 5.91 Å². The smallest absolute Gasteiger partial charge is 0.307 e. The monoisotopic (exact) mass is 289 g/mol. The zero-order valence-corrected chi connectivity index (χ0v) is 13.0. The van der Waals surface area contributed by atoms with Gasteiger partial charge in [-0.25, -0.2) is 0 Å². The molecule has 0 aromatic heterocycles. The zero-order chi connectivity index (χ0) is 15.5. The van der Waals surface area contributed by atoms with Crippen molar-refractivity contribution in [2.75, 3.05) is 6.73 Å². The molecule has 1 aliphatic heterocycles. The van der Waals surface area contributed by atoms with E-state index in [0.29, 0.717) is 6.42 Å². The SMILES string of the molecule is CCC(=O)OCN1C(=O)C(C)(C)[C@H]1CCc1ccccc1. The van der Waals surface area contributed by atoms with E-state index < -0.39 is 0 Å². The summed E-state index contributed by atoms with van der Waals surface area (Å²) in [6, 6.07) is 10.3. The Balaban J connectivity index is 1.94. The van der Waals surface area contributed by atoms with Gasteiger partial charge in [-0.05, 0) is 32.3 Å². The summed E-state index contributed by atoms with van der Waals surface area (Å²) in [5.74, 6) is -0.209. The Kier molecular flexibility index (Phi) is 4.66. The predicted octanol–water partition coefficient (Wildman–Crippen LogP) is 2.77. The molecule has 1 saturated heterocycles. The minimum atomic E-state index is -0.368. The van der Waals surface area contributed by atoms with Crippen molar-refractivity contribution in [2.24, 2.45) is 5.41 Å². The Morgan fingerprint density at radius 1 is 1.29 bits per heavy atom. The molecule has 1 aromatic rings. The third kappa shape index (κ3) is 3.26. The van der Waals surface area contributed by atoms with Crippen LogP contribution in [0.5, 0.6) is 0 Å². The van der Waals surface area contributed by atoms with E-state index in [1.54, 1.807) is 11.8 Å². The fraction of sp³-hybridized carbons (Fsp3) is 0.529. The molecule has 0 spiro atoms. The van der Waals surface area contributed by atoms with Crippen LogP contribution in [0.3, 0.4) is 0 Å². The van der Waals surface area contributed by atoms with E-state index in [9.17, 15) is 9.59 Å². The molecule has 0 unspecified atom stereocenters. The summed E-state index contributed by atoms with van der Waals surface area (Å²) in [6.07, 6.45) is 2.13. The van der Waals surface area contributed by atoms with Crippen molar-refractivity contribution in [3.05, 3.63) is 35.9 Å². The molecule has 0 bridgehead atoms. The molecule has 4 nitrogen and oxygen atoms in total. The van der Waals surface area contributed by atoms with E-state index in [0.717, 1.165) is 12.8 Å². The average molecular weight is 289 g/mol. The molecular formula is C17H23NO3. The Morgan fingerprint density at radius 3 is 2.57 bits per heavy atom. The van der Waals surface area contributed by atoms with Gasteiger partial charge in [0.25, 0.3) is 0 Å². The van der Waals surface area contributed by atoms with Gasteiger partial charge >= 0.3 is 5.97 Å². The van der Waals surface area contributed by atoms with Crippen molar-refractivity contribution < 1.29 is 14.3 Å². The van der Waals surface area contributed by atoms with Gasteiger partial charge in [-0.2, -0.15) is 0 Å². The van der Waals surface area contributed by atoms with Crippen LogP contribution in [0.25, 0.3) is 0 Å². The number of rotatable bonds is 6. The number of β-lactam (4-membered cyclic amide) rings is 1. The quantitative estimate of drug-likeness (QED) is 0.597. The van der Waals surface area contributed by atoms with Crippen LogP contribution in [0.1, 0.15) is 39.2 Å². The molecule has 0 saturated carbocycles. The van der Waals surface area contributed by atoms with Gasteiger partial charge in [-0.1, -0.05) is 37.3 Å². The Bertz CT molecular complexity index is 510. The van der Waals surface area contributed by atoms with Gasteiger partial charge in [0.05, 0.1) is 5.41 Å². The second kappa shape index (κ2) is 6.29. The Morgan fingerprint density at radius 2 is 1.95 bits per heavy atom. The van der Waals surface area contributed by atoms with Gasteiger partial charge in [0.1, 0.15) is 0 Å². The van der Waals surface area contributed by atoms with Crippen LogP contribution in [0.2, 0.25) is 0 Å². The molecule has 21 heavy (non-hydrogen) atoms. The van der Waals surface area contributed by atoms with E-state index in [4.69, 9.17) is 4.74 Å². The molecule has 1 atom stereocenters. The number of carbonyl (C=O) groups excluding carboxylic acids is 2. The molecule has 1 heterocycles. The van der Waals surface area contributed by atoms with Crippen LogP contribution in [0.4, 0.5) is 0 Å². The fourth-order valence-corrected chi connectivity index (χ4v) is 2.83. The number of benzene rings is 1. The lowest BCUT2D eigenvalue weighted by Gasteiger charge is -2.52. The first-order chi connectivity index (χ1) is 9.96. The van der Waals surface area contributed by atoms with Crippen LogP contribution >= 0.6 is 0 Å². The van der Waals surface area contributed by atoms with Crippen molar-refractivity contribution in [2.45, 2.75) is 46.1 Å². The molecule has 2 rings (SSSR count). The fourth-order valence-electron chi connectivity index (χ4n) is 2.83. The van der Waals surface area contributed by atoms with Crippen molar-refractivity contribution in [1.29, 1.82) is 0 Å². The summed E-state index contributed by atoms with van der Waals surface area (Å²) in [5.41, 5.74) is 0.895. The number of hydrogen-bond acceptors (Lipinski definition) is 3. The summed E-state index contributed by atoms with van der Waals surface area (Å²) in [6.45, 7) is 5.75. The van der Waals surface area contributed by atoms with Crippen LogP contribution in [0, 0.1) is 5.41 Å². The first-order valence-electron chi connectivity index (χ1n) is 7.47. The van der Waals surface area contributed by atoms with Gasteiger partial charge in [-0.3, -0.25) is 9.59 Å². The van der Waals surface area contributed by atoms with E-state index in [1.807, 2.05) is 32.0 Å². The molecule has 0 radical (unpaired) electrons. The highest BCUT2D eigenvalue weighted by Crippen LogP contribution is 2.40. The summed E-state index contributed by atoms with van der Waals surface area (Å²) < 4.78 is 5.11. The first kappa shape index (κ1) is 15.5. The standard InChI is InChI=1S/C17H23NO3/c1-4-15(19)21-12-18-14(17(2,3)16(18)20)11-10-13-8-6-5-7-9-13/h5-9,14H,4,10-12H2,1-3H3/t14-/m1/s1. The number of hydrogen-bond donors (Lipinski definition) is 0. The highest BCUT2D eigenvalue weighted by Gasteiger charge is 2.53. The third-order valence-corrected chi connectivity index (χ3v) is 4.22. The topological polar surface area (TPSA) is 46.6 Å². The summed E-state index contributed by atoms with van der Waals surface area (Å²) in [5, 5.41) is 0. The minimum Gasteiger partial charge on any atom is -0.444 e. The molecule has 0 N–H and O–H groups in total. The van der Waals surface area contributed by atoms with Gasteiger partial charge in [0, 0.05) is 12.5 Å². The second-order valence-corrected chi connectivity index (χ2v) is 6.04. The largest absolute Gasteiger partial charge is 0.444 e. The molecule has 1 amide bonds. The number of likely N-dealkylation sites (tertiary alicyclic amines) is 1. The summed E-state index contributed by atoms with van der Waals surface area (Å²) in [7, 11) is 0. The Labute approximate surface area is 126 Å². The van der Waals surface area contributed by atoms with Crippen LogP contribution in [0.15, 0.2) is 30.3 Å². The molecule has 4 heteroatoms. The third-order valence-electron chi connectivity index (χ3n) is 4.22.